The van der Waals surface area contributed by atoms with Gasteiger partial charge in [0.1, 0.15) is 5.58 Å². The highest BCUT2D eigenvalue weighted by Crippen LogP contribution is 2.37. The molecule has 0 atom stereocenters. The number of amides is 1. The molecular formula is C23H23N3O2. The number of anilines is 1. The second-order valence-corrected chi connectivity index (χ2v) is 7.66. The summed E-state index contributed by atoms with van der Waals surface area (Å²) in [6.45, 7) is 6.52. The number of hydrogen-bond donors (Lipinski definition) is 1. The van der Waals surface area contributed by atoms with Gasteiger partial charge in [0.2, 0.25) is 0 Å². The predicted molar refractivity (Wildman–Crippen MR) is 114 cm³/mol. The Bertz CT molecular complexity index is 1090. The number of hydrazone groups is 1. The molecule has 1 N–H and O–H groups in total. The van der Waals surface area contributed by atoms with Crippen molar-refractivity contribution in [2.24, 2.45) is 5.10 Å². The summed E-state index contributed by atoms with van der Waals surface area (Å²) in [7, 11) is 2.10. The number of para-hydroxylation sites is 1. The maximum atomic E-state index is 12.3. The predicted octanol–water partition coefficient (Wildman–Crippen LogP) is 4.83. The van der Waals surface area contributed by atoms with Crippen LogP contribution in [0.25, 0.3) is 16.5 Å². The number of likely N-dealkylation sites (N-methyl/N-ethyl adjacent to an activating group) is 1. The highest BCUT2D eigenvalue weighted by Gasteiger charge is 2.28. The highest BCUT2D eigenvalue weighted by molar-refractivity contribution is 5.96. The van der Waals surface area contributed by atoms with Crippen molar-refractivity contribution in [3.05, 3.63) is 71.5 Å². The number of allylic oxidation sites excluding steroid dienone is 1. The lowest BCUT2D eigenvalue weighted by Crippen LogP contribution is -2.42. The van der Waals surface area contributed by atoms with Crippen LogP contribution in [0.2, 0.25) is 0 Å². The van der Waals surface area contributed by atoms with Gasteiger partial charge < -0.3 is 9.32 Å². The zero-order valence-corrected chi connectivity index (χ0v) is 16.5. The molecule has 2 aromatic carbocycles. The molecular weight excluding hydrogens is 350 g/mol. The molecule has 0 aliphatic carbocycles. The number of furan rings is 1. The zero-order valence-electron chi connectivity index (χ0n) is 16.5. The first-order valence-corrected chi connectivity index (χ1v) is 9.25. The van der Waals surface area contributed by atoms with E-state index in [2.05, 4.69) is 61.5 Å². The fourth-order valence-corrected chi connectivity index (χ4v) is 3.57. The smallest absolute Gasteiger partial charge is 0.307 e. The standard InChI is InChI=1S/C23H23N3O2/c1-15-13-23(2,3)26(4)19-10-9-16(11-18(15)19)14-24-25-22(27)21-12-17-7-5-6-8-20(17)28-21/h5-14H,1-4H3,(H,25,27)/b24-14-. The van der Waals surface area contributed by atoms with Crippen LogP contribution in [0.15, 0.2) is 64.1 Å². The Morgan fingerprint density at radius 3 is 2.75 bits per heavy atom. The van der Waals surface area contributed by atoms with Crippen molar-refractivity contribution in [2.75, 3.05) is 11.9 Å². The number of nitrogens with one attached hydrogen (secondary N) is 1. The summed E-state index contributed by atoms with van der Waals surface area (Å²) in [5.41, 5.74) is 7.71. The minimum Gasteiger partial charge on any atom is -0.451 e. The molecule has 2 heterocycles. The summed E-state index contributed by atoms with van der Waals surface area (Å²) in [6, 6.07) is 15.4. The van der Waals surface area contributed by atoms with Crippen LogP contribution in [0, 0.1) is 0 Å². The Labute approximate surface area is 164 Å². The van der Waals surface area contributed by atoms with E-state index in [1.165, 1.54) is 16.8 Å². The van der Waals surface area contributed by atoms with Crippen molar-refractivity contribution in [1.29, 1.82) is 0 Å². The lowest BCUT2D eigenvalue weighted by Gasteiger charge is -2.40. The van der Waals surface area contributed by atoms with Crippen molar-refractivity contribution >= 4 is 34.4 Å². The van der Waals surface area contributed by atoms with Crippen molar-refractivity contribution in [3.63, 3.8) is 0 Å². The van der Waals surface area contributed by atoms with Crippen LogP contribution >= 0.6 is 0 Å². The second kappa shape index (κ2) is 6.68. The summed E-state index contributed by atoms with van der Waals surface area (Å²) < 4.78 is 5.55. The molecule has 0 saturated carbocycles. The molecule has 4 rings (SSSR count). The van der Waals surface area contributed by atoms with Crippen LogP contribution in [0.1, 0.15) is 42.5 Å². The molecule has 1 aliphatic heterocycles. The van der Waals surface area contributed by atoms with Gasteiger partial charge in [-0.25, -0.2) is 5.43 Å². The van der Waals surface area contributed by atoms with Crippen LogP contribution in [-0.4, -0.2) is 24.7 Å². The summed E-state index contributed by atoms with van der Waals surface area (Å²) in [4.78, 5) is 14.5. The van der Waals surface area contributed by atoms with Gasteiger partial charge in [0, 0.05) is 23.7 Å². The Kier molecular flexibility index (Phi) is 4.30. The van der Waals surface area contributed by atoms with Gasteiger partial charge >= 0.3 is 5.91 Å². The van der Waals surface area contributed by atoms with Gasteiger partial charge in [0.05, 0.1) is 11.8 Å². The third kappa shape index (κ3) is 3.20. The molecule has 3 aromatic rings. The molecule has 1 amide bonds. The van der Waals surface area contributed by atoms with E-state index in [0.29, 0.717) is 5.58 Å². The molecule has 0 fully saturated rings. The van der Waals surface area contributed by atoms with Crippen molar-refractivity contribution in [3.8, 4) is 0 Å². The molecule has 1 aliphatic rings. The van der Waals surface area contributed by atoms with Crippen molar-refractivity contribution in [2.45, 2.75) is 26.3 Å². The van der Waals surface area contributed by atoms with Gasteiger partial charge in [-0.1, -0.05) is 30.3 Å². The summed E-state index contributed by atoms with van der Waals surface area (Å²) >= 11 is 0. The van der Waals surface area contributed by atoms with E-state index in [9.17, 15) is 4.79 Å². The third-order valence-electron chi connectivity index (χ3n) is 5.27. The van der Waals surface area contributed by atoms with Gasteiger partial charge in [0.15, 0.2) is 5.76 Å². The SMILES string of the molecule is CC1=CC(C)(C)N(C)c2ccc(/C=N\NC(=O)c3cc4ccccc4o3)cc21. The van der Waals surface area contributed by atoms with E-state index in [-0.39, 0.29) is 17.2 Å². The Balaban J connectivity index is 1.51. The molecule has 0 unspecified atom stereocenters. The van der Waals surface area contributed by atoms with Gasteiger partial charge in [0.25, 0.3) is 0 Å². The van der Waals surface area contributed by atoms with E-state index >= 15 is 0 Å². The minimum atomic E-state index is -0.372. The van der Waals surface area contributed by atoms with E-state index in [4.69, 9.17) is 4.42 Å². The number of rotatable bonds is 3. The lowest BCUT2D eigenvalue weighted by atomic mass is 9.89. The fraction of sp³-hybridized carbons (Fsp3) is 0.217. The van der Waals surface area contributed by atoms with E-state index in [1.54, 1.807) is 12.3 Å². The molecule has 0 radical (unpaired) electrons. The van der Waals surface area contributed by atoms with Gasteiger partial charge in [-0.3, -0.25) is 4.79 Å². The molecule has 0 spiro atoms. The minimum absolute atomic E-state index is 0.0206. The topological polar surface area (TPSA) is 57.8 Å². The number of carbonyl (C=O) groups excluding carboxylic acids is 1. The number of nitrogens with zero attached hydrogens (tertiary/aromatic N) is 2. The highest BCUT2D eigenvalue weighted by atomic mass is 16.3. The molecule has 1 aromatic heterocycles. The van der Waals surface area contributed by atoms with Crippen molar-refractivity contribution < 1.29 is 9.21 Å². The summed E-state index contributed by atoms with van der Waals surface area (Å²) in [5.74, 6) is -0.130. The first-order valence-electron chi connectivity index (χ1n) is 9.25. The molecule has 5 nitrogen and oxygen atoms in total. The maximum absolute atomic E-state index is 12.3. The number of benzene rings is 2. The molecule has 0 bridgehead atoms. The van der Waals surface area contributed by atoms with Gasteiger partial charge in [-0.05, 0) is 56.2 Å². The zero-order chi connectivity index (χ0) is 19.9. The summed E-state index contributed by atoms with van der Waals surface area (Å²) in [5, 5.41) is 4.98. The Morgan fingerprint density at radius 2 is 1.96 bits per heavy atom. The average molecular weight is 373 g/mol. The second-order valence-electron chi connectivity index (χ2n) is 7.66. The quantitative estimate of drug-likeness (QED) is 0.528. The Hall–Kier alpha value is -3.34. The van der Waals surface area contributed by atoms with Crippen LogP contribution in [0.4, 0.5) is 5.69 Å². The number of fused-ring (bicyclic) bond motifs is 2. The lowest BCUT2D eigenvalue weighted by molar-refractivity contribution is 0.0929. The monoisotopic (exact) mass is 373 g/mol. The van der Waals surface area contributed by atoms with E-state index < -0.39 is 0 Å². The largest absolute Gasteiger partial charge is 0.451 e. The summed E-state index contributed by atoms with van der Waals surface area (Å²) in [6.07, 6.45) is 3.91. The average Bonchev–Trinajstić information content (AvgIpc) is 3.10. The van der Waals surface area contributed by atoms with Gasteiger partial charge in [-0.2, -0.15) is 5.10 Å². The van der Waals surface area contributed by atoms with Crippen LogP contribution in [0.3, 0.4) is 0 Å². The number of carbonyl (C=O) groups is 1. The maximum Gasteiger partial charge on any atom is 0.307 e. The molecule has 5 heteroatoms. The van der Waals surface area contributed by atoms with Crippen LogP contribution in [0.5, 0.6) is 0 Å². The third-order valence-corrected chi connectivity index (χ3v) is 5.27. The molecule has 0 saturated heterocycles. The first kappa shape index (κ1) is 18.0. The van der Waals surface area contributed by atoms with Gasteiger partial charge in [-0.15, -0.1) is 0 Å². The molecule has 28 heavy (non-hydrogen) atoms. The fourth-order valence-electron chi connectivity index (χ4n) is 3.57. The van der Waals surface area contributed by atoms with Crippen LogP contribution < -0.4 is 10.3 Å². The number of hydrogen-bond acceptors (Lipinski definition) is 4. The Morgan fingerprint density at radius 1 is 1.18 bits per heavy atom. The van der Waals surface area contributed by atoms with E-state index in [1.807, 2.05) is 30.3 Å². The van der Waals surface area contributed by atoms with Crippen LogP contribution in [-0.2, 0) is 0 Å². The molecule has 142 valence electrons. The normalized spacial score (nSPS) is 15.6. The van der Waals surface area contributed by atoms with E-state index in [0.717, 1.165) is 10.9 Å². The first-order chi connectivity index (χ1) is 13.3. The van der Waals surface area contributed by atoms with Crippen molar-refractivity contribution in [1.82, 2.24) is 5.43 Å².